The van der Waals surface area contributed by atoms with Crippen molar-refractivity contribution in [2.24, 2.45) is 0 Å². The van der Waals surface area contributed by atoms with E-state index in [9.17, 15) is 4.79 Å². The fourth-order valence-corrected chi connectivity index (χ4v) is 4.23. The third kappa shape index (κ3) is 4.55. The zero-order valence-electron chi connectivity index (χ0n) is 16.0. The van der Waals surface area contributed by atoms with Crippen molar-refractivity contribution in [2.45, 2.75) is 19.0 Å². The maximum atomic E-state index is 12.3. The van der Waals surface area contributed by atoms with Gasteiger partial charge >= 0.3 is 0 Å². The van der Waals surface area contributed by atoms with Gasteiger partial charge in [-0.25, -0.2) is 4.98 Å². The Morgan fingerprint density at radius 3 is 2.52 bits per heavy atom. The fourth-order valence-electron chi connectivity index (χ4n) is 2.83. The number of anilines is 1. The van der Waals surface area contributed by atoms with E-state index in [1.165, 1.54) is 28.7 Å². The van der Waals surface area contributed by atoms with Crippen LogP contribution in [0.15, 0.2) is 66.0 Å². The van der Waals surface area contributed by atoms with Crippen LogP contribution < -0.4 is 5.32 Å². The highest BCUT2D eigenvalue weighted by Crippen LogP contribution is 2.30. The van der Waals surface area contributed by atoms with Crippen molar-refractivity contribution >= 4 is 34.1 Å². The van der Waals surface area contributed by atoms with Gasteiger partial charge in [0.2, 0.25) is 11.0 Å². The van der Waals surface area contributed by atoms with Gasteiger partial charge in [0.25, 0.3) is 0 Å². The molecule has 0 aliphatic carbocycles. The van der Waals surface area contributed by atoms with Crippen molar-refractivity contribution in [3.63, 3.8) is 0 Å². The van der Waals surface area contributed by atoms with Crippen LogP contribution in [0.1, 0.15) is 10.6 Å². The second-order valence-electron chi connectivity index (χ2n) is 6.43. The predicted molar refractivity (Wildman–Crippen MR) is 118 cm³/mol. The Hall–Kier alpha value is -2.97. The Labute approximate surface area is 177 Å². The third-order valence-corrected chi connectivity index (χ3v) is 5.90. The Morgan fingerprint density at radius 2 is 1.83 bits per heavy atom. The molecule has 146 valence electrons. The smallest absolute Gasteiger partial charge is 0.236 e. The van der Waals surface area contributed by atoms with Gasteiger partial charge in [0.15, 0.2) is 5.16 Å². The molecule has 2 aromatic carbocycles. The molecule has 4 aromatic rings. The standard InChI is InChI=1S/C21H19N5OS2/c1-14-8-10-17(11-9-14)26-18(16-6-4-3-5-7-16)12-22-21(26)28-13-19(27)23-20-25-24-15(2)29-20/h3-12H,13H2,1-2H3,(H,23,25,27). The molecule has 0 radical (unpaired) electrons. The van der Waals surface area contributed by atoms with Gasteiger partial charge in [0.05, 0.1) is 17.6 Å². The molecule has 0 spiro atoms. The van der Waals surface area contributed by atoms with E-state index in [0.29, 0.717) is 5.13 Å². The largest absolute Gasteiger partial charge is 0.300 e. The second-order valence-corrected chi connectivity index (χ2v) is 8.55. The molecular weight excluding hydrogens is 402 g/mol. The van der Waals surface area contributed by atoms with Crippen molar-refractivity contribution in [3.05, 3.63) is 71.4 Å². The summed E-state index contributed by atoms with van der Waals surface area (Å²) in [5, 5.41) is 12.7. The number of hydrogen-bond donors (Lipinski definition) is 1. The van der Waals surface area contributed by atoms with Crippen LogP contribution in [0, 0.1) is 13.8 Å². The average molecular weight is 422 g/mol. The van der Waals surface area contributed by atoms with Gasteiger partial charge < -0.3 is 0 Å². The van der Waals surface area contributed by atoms with Crippen LogP contribution in [-0.2, 0) is 4.79 Å². The minimum Gasteiger partial charge on any atom is -0.300 e. The fraction of sp³-hybridized carbons (Fsp3) is 0.143. The molecule has 1 amide bonds. The molecule has 1 N–H and O–H groups in total. The van der Waals surface area contributed by atoms with Gasteiger partial charge in [-0.15, -0.1) is 10.2 Å². The number of thioether (sulfide) groups is 1. The van der Waals surface area contributed by atoms with Crippen LogP contribution in [0.4, 0.5) is 5.13 Å². The monoisotopic (exact) mass is 421 g/mol. The van der Waals surface area contributed by atoms with Crippen molar-refractivity contribution < 1.29 is 4.79 Å². The molecule has 0 atom stereocenters. The summed E-state index contributed by atoms with van der Waals surface area (Å²) in [5.41, 5.74) is 4.25. The van der Waals surface area contributed by atoms with Crippen molar-refractivity contribution in [1.29, 1.82) is 0 Å². The van der Waals surface area contributed by atoms with Crippen molar-refractivity contribution in [3.8, 4) is 16.9 Å². The van der Waals surface area contributed by atoms with E-state index in [4.69, 9.17) is 0 Å². The number of carbonyl (C=O) groups is 1. The number of rotatable bonds is 6. The number of imidazole rings is 1. The number of hydrogen-bond acceptors (Lipinski definition) is 6. The van der Waals surface area contributed by atoms with Crippen LogP contribution in [0.2, 0.25) is 0 Å². The minimum absolute atomic E-state index is 0.133. The lowest BCUT2D eigenvalue weighted by Crippen LogP contribution is -2.14. The van der Waals surface area contributed by atoms with E-state index in [2.05, 4.69) is 68.4 Å². The first-order valence-electron chi connectivity index (χ1n) is 9.03. The van der Waals surface area contributed by atoms with Gasteiger partial charge in [-0.05, 0) is 26.0 Å². The van der Waals surface area contributed by atoms with E-state index in [-0.39, 0.29) is 11.7 Å². The zero-order chi connectivity index (χ0) is 20.2. The Balaban J connectivity index is 1.60. The number of aromatic nitrogens is 4. The Kier molecular flexibility index (Phi) is 5.73. The highest BCUT2D eigenvalue weighted by Gasteiger charge is 2.16. The van der Waals surface area contributed by atoms with Gasteiger partial charge in [0.1, 0.15) is 5.01 Å². The number of benzene rings is 2. The van der Waals surface area contributed by atoms with Crippen LogP contribution in [0.5, 0.6) is 0 Å². The lowest BCUT2D eigenvalue weighted by atomic mass is 10.1. The highest BCUT2D eigenvalue weighted by molar-refractivity contribution is 7.99. The maximum absolute atomic E-state index is 12.3. The molecule has 8 heteroatoms. The molecule has 0 aliphatic heterocycles. The molecular formula is C21H19N5OS2. The van der Waals surface area contributed by atoms with E-state index in [0.717, 1.165) is 27.1 Å². The van der Waals surface area contributed by atoms with Crippen molar-refractivity contribution in [1.82, 2.24) is 19.7 Å². The molecule has 0 bridgehead atoms. The number of amides is 1. The van der Waals surface area contributed by atoms with Crippen molar-refractivity contribution in [2.75, 3.05) is 11.1 Å². The molecule has 2 aromatic heterocycles. The van der Waals surface area contributed by atoms with E-state index in [1.807, 2.05) is 31.3 Å². The summed E-state index contributed by atoms with van der Waals surface area (Å²) >= 11 is 2.75. The molecule has 4 rings (SSSR count). The van der Waals surface area contributed by atoms with E-state index < -0.39 is 0 Å². The number of nitrogens with one attached hydrogen (secondary N) is 1. The number of nitrogens with zero attached hydrogens (tertiary/aromatic N) is 4. The molecule has 0 saturated heterocycles. The van der Waals surface area contributed by atoms with Gasteiger partial charge in [0, 0.05) is 11.3 Å². The number of aryl methyl sites for hydroxylation is 2. The van der Waals surface area contributed by atoms with Crippen LogP contribution in [0.25, 0.3) is 16.9 Å². The summed E-state index contributed by atoms with van der Waals surface area (Å²) in [6.07, 6.45) is 1.85. The quantitative estimate of drug-likeness (QED) is 0.455. The summed E-state index contributed by atoms with van der Waals surface area (Å²) in [7, 11) is 0. The lowest BCUT2D eigenvalue weighted by Gasteiger charge is -2.12. The molecule has 0 fully saturated rings. The van der Waals surface area contributed by atoms with Crippen LogP contribution in [-0.4, -0.2) is 31.4 Å². The molecule has 0 saturated carbocycles. The van der Waals surface area contributed by atoms with E-state index in [1.54, 1.807) is 0 Å². The SMILES string of the molecule is Cc1ccc(-n2c(-c3ccccc3)cnc2SCC(=O)Nc2nnc(C)s2)cc1. The summed E-state index contributed by atoms with van der Waals surface area (Å²) < 4.78 is 2.09. The minimum atomic E-state index is -0.133. The molecule has 29 heavy (non-hydrogen) atoms. The summed E-state index contributed by atoms with van der Waals surface area (Å²) in [5.74, 6) is 0.0984. The normalized spacial score (nSPS) is 10.8. The molecule has 0 unspecified atom stereocenters. The summed E-state index contributed by atoms with van der Waals surface area (Å²) in [6, 6.07) is 18.4. The summed E-state index contributed by atoms with van der Waals surface area (Å²) in [6.45, 7) is 3.91. The van der Waals surface area contributed by atoms with Gasteiger partial charge in [-0.2, -0.15) is 0 Å². The maximum Gasteiger partial charge on any atom is 0.236 e. The Morgan fingerprint density at radius 1 is 1.07 bits per heavy atom. The first-order valence-corrected chi connectivity index (χ1v) is 10.8. The van der Waals surface area contributed by atoms with Crippen LogP contribution in [0.3, 0.4) is 0 Å². The number of carbonyl (C=O) groups excluding carboxylic acids is 1. The van der Waals surface area contributed by atoms with Crippen LogP contribution >= 0.6 is 23.1 Å². The topological polar surface area (TPSA) is 72.7 Å². The molecule has 0 aliphatic rings. The third-order valence-electron chi connectivity index (χ3n) is 4.20. The second kappa shape index (κ2) is 8.59. The molecule has 2 heterocycles. The summed E-state index contributed by atoms with van der Waals surface area (Å²) in [4.78, 5) is 16.9. The predicted octanol–water partition coefficient (Wildman–Crippen LogP) is 4.74. The van der Waals surface area contributed by atoms with Gasteiger partial charge in [-0.3, -0.25) is 14.7 Å². The first kappa shape index (κ1) is 19.4. The molecule has 6 nitrogen and oxygen atoms in total. The average Bonchev–Trinajstić information content (AvgIpc) is 3.34. The Bertz CT molecular complexity index is 1120. The van der Waals surface area contributed by atoms with Gasteiger partial charge in [-0.1, -0.05) is 71.1 Å². The zero-order valence-corrected chi connectivity index (χ0v) is 17.6. The first-order chi connectivity index (χ1) is 14.1. The highest BCUT2D eigenvalue weighted by atomic mass is 32.2. The lowest BCUT2D eigenvalue weighted by molar-refractivity contribution is -0.113. The van der Waals surface area contributed by atoms with E-state index >= 15 is 0 Å².